The molecule has 1 aromatic rings. The molecule has 0 bridgehead atoms. The molecule has 0 fully saturated rings. The monoisotopic (exact) mass is 329 g/mol. The Morgan fingerprint density at radius 3 is 2.68 bits per heavy atom. The molecule has 0 amide bonds. The van der Waals surface area contributed by atoms with Crippen molar-refractivity contribution in [3.05, 3.63) is 28.2 Å². The van der Waals surface area contributed by atoms with Crippen molar-refractivity contribution in [2.24, 2.45) is 5.41 Å². The Morgan fingerprint density at radius 1 is 1.47 bits per heavy atom. The summed E-state index contributed by atoms with van der Waals surface area (Å²) in [5.41, 5.74) is 0.251. The maximum Gasteiger partial charge on any atom is 0.312 e. The van der Waals surface area contributed by atoms with Gasteiger partial charge in [0.15, 0.2) is 0 Å². The average molecular weight is 330 g/mol. The molecule has 0 aliphatic carbocycles. The summed E-state index contributed by atoms with van der Waals surface area (Å²) in [4.78, 5) is 11.0. The van der Waals surface area contributed by atoms with E-state index >= 15 is 0 Å². The zero-order valence-electron chi connectivity index (χ0n) is 11.5. The minimum Gasteiger partial charge on any atom is -0.491 e. The molecule has 106 valence electrons. The maximum absolute atomic E-state index is 11.0. The van der Waals surface area contributed by atoms with Crippen LogP contribution in [0, 0.1) is 5.41 Å². The Morgan fingerprint density at radius 2 is 2.16 bits per heavy atom. The van der Waals surface area contributed by atoms with Crippen LogP contribution in [-0.2, 0) is 11.3 Å². The Hall–Kier alpha value is -1.07. The van der Waals surface area contributed by atoms with Crippen molar-refractivity contribution in [2.45, 2.75) is 27.3 Å². The lowest BCUT2D eigenvalue weighted by Gasteiger charge is -2.20. The largest absolute Gasteiger partial charge is 0.491 e. The number of hydrogen-bond donors (Lipinski definition) is 2. The van der Waals surface area contributed by atoms with E-state index in [4.69, 9.17) is 9.84 Å². The fourth-order valence-corrected chi connectivity index (χ4v) is 1.90. The number of rotatable bonds is 7. The molecule has 0 saturated carbocycles. The average Bonchev–Trinajstić information content (AvgIpc) is 2.35. The molecule has 5 heteroatoms. The second-order valence-electron chi connectivity index (χ2n) is 5.02. The molecule has 0 saturated heterocycles. The van der Waals surface area contributed by atoms with Gasteiger partial charge < -0.3 is 15.2 Å². The number of benzene rings is 1. The number of hydrogen-bond acceptors (Lipinski definition) is 3. The Balaban J connectivity index is 2.67. The highest BCUT2D eigenvalue weighted by molar-refractivity contribution is 9.10. The van der Waals surface area contributed by atoms with Gasteiger partial charge in [-0.05, 0) is 54.0 Å². The van der Waals surface area contributed by atoms with Crippen LogP contribution in [0.2, 0.25) is 0 Å². The van der Waals surface area contributed by atoms with Crippen LogP contribution in [0.25, 0.3) is 0 Å². The Bertz CT molecular complexity index is 446. The number of carbonyl (C=O) groups is 1. The summed E-state index contributed by atoms with van der Waals surface area (Å²) in [5.74, 6) is -0.207. The molecular weight excluding hydrogens is 310 g/mol. The van der Waals surface area contributed by atoms with Gasteiger partial charge in [-0.25, -0.2) is 0 Å². The standard InChI is InChI=1S/C14H20BrNO3/c1-4-16-8-10-5-6-12(11(15)7-10)19-9-14(2,3)13(17)18/h5-7,16H,4,8-9H2,1-3H3,(H,17,18). The first-order valence-electron chi connectivity index (χ1n) is 6.22. The molecule has 1 aromatic carbocycles. The van der Waals surface area contributed by atoms with E-state index in [0.29, 0.717) is 5.75 Å². The van der Waals surface area contributed by atoms with E-state index in [1.165, 1.54) is 0 Å². The molecule has 0 spiro atoms. The van der Waals surface area contributed by atoms with Crippen LogP contribution < -0.4 is 10.1 Å². The van der Waals surface area contributed by atoms with Crippen LogP contribution in [0.1, 0.15) is 26.3 Å². The lowest BCUT2D eigenvalue weighted by Crippen LogP contribution is -2.30. The van der Waals surface area contributed by atoms with E-state index in [2.05, 4.69) is 28.2 Å². The van der Waals surface area contributed by atoms with Crippen LogP contribution in [0.5, 0.6) is 5.75 Å². The van der Waals surface area contributed by atoms with Crippen molar-refractivity contribution < 1.29 is 14.6 Å². The second-order valence-corrected chi connectivity index (χ2v) is 5.88. The van der Waals surface area contributed by atoms with E-state index < -0.39 is 11.4 Å². The number of carboxylic acids is 1. The molecule has 2 N–H and O–H groups in total. The van der Waals surface area contributed by atoms with Crippen molar-refractivity contribution >= 4 is 21.9 Å². The van der Waals surface area contributed by atoms with E-state index in [-0.39, 0.29) is 6.61 Å². The molecule has 0 heterocycles. The third-order valence-corrected chi connectivity index (χ3v) is 3.36. The quantitative estimate of drug-likeness (QED) is 0.807. The number of halogens is 1. The molecule has 0 aliphatic rings. The molecule has 0 atom stereocenters. The SMILES string of the molecule is CCNCc1ccc(OCC(C)(C)C(=O)O)c(Br)c1. The highest BCUT2D eigenvalue weighted by atomic mass is 79.9. The molecule has 0 radical (unpaired) electrons. The van der Waals surface area contributed by atoms with Crippen molar-refractivity contribution in [3.8, 4) is 5.75 Å². The van der Waals surface area contributed by atoms with Gasteiger partial charge in [0.1, 0.15) is 12.4 Å². The Labute approximate surface area is 122 Å². The summed E-state index contributed by atoms with van der Waals surface area (Å²) >= 11 is 3.44. The van der Waals surface area contributed by atoms with Crippen LogP contribution in [0.4, 0.5) is 0 Å². The number of nitrogens with one attached hydrogen (secondary N) is 1. The van der Waals surface area contributed by atoms with Gasteiger partial charge in [0.25, 0.3) is 0 Å². The van der Waals surface area contributed by atoms with Crippen LogP contribution in [0.15, 0.2) is 22.7 Å². The number of ether oxygens (including phenoxy) is 1. The van der Waals surface area contributed by atoms with E-state index in [9.17, 15) is 4.79 Å². The van der Waals surface area contributed by atoms with Crippen molar-refractivity contribution in [1.82, 2.24) is 5.32 Å². The minimum atomic E-state index is -0.901. The summed E-state index contributed by atoms with van der Waals surface area (Å²) < 4.78 is 6.41. The summed E-state index contributed by atoms with van der Waals surface area (Å²) in [6.45, 7) is 7.19. The zero-order valence-corrected chi connectivity index (χ0v) is 13.1. The third-order valence-electron chi connectivity index (χ3n) is 2.74. The van der Waals surface area contributed by atoms with Crippen molar-refractivity contribution in [2.75, 3.05) is 13.2 Å². The van der Waals surface area contributed by atoms with Crippen molar-refractivity contribution in [1.29, 1.82) is 0 Å². The van der Waals surface area contributed by atoms with Gasteiger partial charge in [-0.1, -0.05) is 13.0 Å². The predicted octanol–water partition coefficient (Wildman–Crippen LogP) is 3.05. The smallest absolute Gasteiger partial charge is 0.312 e. The van der Waals surface area contributed by atoms with Gasteiger partial charge in [-0.2, -0.15) is 0 Å². The molecule has 1 rings (SSSR count). The molecule has 0 aromatic heterocycles. The van der Waals surface area contributed by atoms with Gasteiger partial charge >= 0.3 is 5.97 Å². The lowest BCUT2D eigenvalue weighted by molar-refractivity contribution is -0.148. The fourth-order valence-electron chi connectivity index (χ4n) is 1.36. The molecule has 0 unspecified atom stereocenters. The Kier molecular flexibility index (Phi) is 5.82. The van der Waals surface area contributed by atoms with Gasteiger partial charge in [-0.15, -0.1) is 0 Å². The number of carboxylic acid groups (broad SMARTS) is 1. The van der Waals surface area contributed by atoms with Gasteiger partial charge in [0.05, 0.1) is 9.89 Å². The number of aliphatic carboxylic acids is 1. The van der Waals surface area contributed by atoms with Crippen LogP contribution in [0.3, 0.4) is 0 Å². The fraction of sp³-hybridized carbons (Fsp3) is 0.500. The normalized spacial score (nSPS) is 11.4. The summed E-state index contributed by atoms with van der Waals surface area (Å²) in [6.07, 6.45) is 0. The summed E-state index contributed by atoms with van der Waals surface area (Å²) in [6, 6.07) is 5.80. The van der Waals surface area contributed by atoms with Gasteiger partial charge in [0.2, 0.25) is 0 Å². The highest BCUT2D eigenvalue weighted by Gasteiger charge is 2.28. The summed E-state index contributed by atoms with van der Waals surface area (Å²) in [7, 11) is 0. The van der Waals surface area contributed by atoms with E-state index in [1.54, 1.807) is 13.8 Å². The third kappa shape index (κ3) is 4.84. The van der Waals surface area contributed by atoms with E-state index in [1.807, 2.05) is 18.2 Å². The molecule has 4 nitrogen and oxygen atoms in total. The van der Waals surface area contributed by atoms with Gasteiger partial charge in [-0.3, -0.25) is 4.79 Å². The van der Waals surface area contributed by atoms with Crippen LogP contribution in [-0.4, -0.2) is 24.2 Å². The highest BCUT2D eigenvalue weighted by Crippen LogP contribution is 2.28. The zero-order chi connectivity index (χ0) is 14.5. The maximum atomic E-state index is 11.0. The van der Waals surface area contributed by atoms with Crippen molar-refractivity contribution in [3.63, 3.8) is 0 Å². The lowest BCUT2D eigenvalue weighted by atomic mass is 9.95. The predicted molar refractivity (Wildman–Crippen MR) is 78.4 cm³/mol. The topological polar surface area (TPSA) is 58.6 Å². The second kappa shape index (κ2) is 6.91. The van der Waals surface area contributed by atoms with Gasteiger partial charge in [0, 0.05) is 6.54 Å². The first-order chi connectivity index (χ1) is 8.86. The van der Waals surface area contributed by atoms with Crippen LogP contribution >= 0.6 is 15.9 Å². The molecule has 19 heavy (non-hydrogen) atoms. The summed E-state index contributed by atoms with van der Waals surface area (Å²) in [5, 5.41) is 12.3. The minimum absolute atomic E-state index is 0.132. The molecular formula is C14H20BrNO3. The first-order valence-corrected chi connectivity index (χ1v) is 7.01. The first kappa shape index (κ1) is 16.0. The van der Waals surface area contributed by atoms with E-state index in [0.717, 1.165) is 23.1 Å². The molecule has 0 aliphatic heterocycles.